The summed E-state index contributed by atoms with van der Waals surface area (Å²) in [6, 6.07) is 0. The van der Waals surface area contributed by atoms with Gasteiger partial charge in [0.1, 0.15) is 5.75 Å². The Bertz CT molecular complexity index is 373. The van der Waals surface area contributed by atoms with Gasteiger partial charge in [-0.3, -0.25) is 0 Å². The van der Waals surface area contributed by atoms with E-state index >= 15 is 0 Å². The molecule has 0 aliphatic rings. The fourth-order valence-corrected chi connectivity index (χ4v) is 1.43. The summed E-state index contributed by atoms with van der Waals surface area (Å²) in [5, 5.41) is 9.71. The standard InChI is InChI=1S/C13H21NO2/c1-8(2)6-7-16-13-10(4)9(3)12(15)11(5)14-13/h8,15H,6-7H2,1-5H3. The fourth-order valence-electron chi connectivity index (χ4n) is 1.43. The molecule has 0 unspecified atom stereocenters. The molecule has 1 aromatic rings. The van der Waals surface area contributed by atoms with Crippen LogP contribution in [0.4, 0.5) is 0 Å². The van der Waals surface area contributed by atoms with Crippen LogP contribution in [0, 0.1) is 26.7 Å². The van der Waals surface area contributed by atoms with Gasteiger partial charge in [0, 0.05) is 11.1 Å². The van der Waals surface area contributed by atoms with Gasteiger partial charge in [-0.2, -0.15) is 0 Å². The van der Waals surface area contributed by atoms with E-state index < -0.39 is 0 Å². The van der Waals surface area contributed by atoms with Crippen molar-refractivity contribution in [3.05, 3.63) is 16.8 Å². The fraction of sp³-hybridized carbons (Fsp3) is 0.615. The van der Waals surface area contributed by atoms with Crippen LogP contribution in [0.15, 0.2) is 0 Å². The van der Waals surface area contributed by atoms with Crippen molar-refractivity contribution in [1.82, 2.24) is 4.98 Å². The lowest BCUT2D eigenvalue weighted by atomic mass is 10.1. The van der Waals surface area contributed by atoms with Crippen LogP contribution in [0.2, 0.25) is 0 Å². The maximum absolute atomic E-state index is 9.71. The molecule has 1 rings (SSSR count). The highest BCUT2D eigenvalue weighted by Crippen LogP contribution is 2.28. The lowest BCUT2D eigenvalue weighted by molar-refractivity contribution is 0.275. The summed E-state index contributed by atoms with van der Waals surface area (Å²) >= 11 is 0. The monoisotopic (exact) mass is 223 g/mol. The van der Waals surface area contributed by atoms with Crippen LogP contribution in [0.5, 0.6) is 11.6 Å². The highest BCUT2D eigenvalue weighted by Gasteiger charge is 2.11. The van der Waals surface area contributed by atoms with Gasteiger partial charge < -0.3 is 9.84 Å². The second-order valence-corrected chi connectivity index (χ2v) is 4.63. The van der Waals surface area contributed by atoms with Crippen molar-refractivity contribution in [2.45, 2.75) is 41.0 Å². The van der Waals surface area contributed by atoms with Gasteiger partial charge in [0.2, 0.25) is 5.88 Å². The van der Waals surface area contributed by atoms with Crippen molar-refractivity contribution in [2.75, 3.05) is 6.61 Å². The Morgan fingerprint density at radius 1 is 1.19 bits per heavy atom. The highest BCUT2D eigenvalue weighted by atomic mass is 16.5. The number of ether oxygens (including phenoxy) is 1. The topological polar surface area (TPSA) is 42.4 Å². The first kappa shape index (κ1) is 12.8. The molecule has 0 spiro atoms. The molecule has 3 nitrogen and oxygen atoms in total. The van der Waals surface area contributed by atoms with Crippen LogP contribution in [0.1, 0.15) is 37.1 Å². The lowest BCUT2D eigenvalue weighted by Gasteiger charge is -2.13. The third-order valence-corrected chi connectivity index (χ3v) is 2.78. The molecule has 0 fully saturated rings. The average molecular weight is 223 g/mol. The lowest BCUT2D eigenvalue weighted by Crippen LogP contribution is -2.05. The molecular formula is C13H21NO2. The average Bonchev–Trinajstić information content (AvgIpc) is 2.22. The Labute approximate surface area is 97.5 Å². The highest BCUT2D eigenvalue weighted by molar-refractivity contribution is 5.45. The van der Waals surface area contributed by atoms with E-state index in [2.05, 4.69) is 18.8 Å². The van der Waals surface area contributed by atoms with E-state index in [1.54, 1.807) is 6.92 Å². The second-order valence-electron chi connectivity index (χ2n) is 4.63. The van der Waals surface area contributed by atoms with Crippen molar-refractivity contribution in [1.29, 1.82) is 0 Å². The predicted molar refractivity (Wildman–Crippen MR) is 65.1 cm³/mol. The minimum atomic E-state index is 0.272. The number of pyridine rings is 1. The number of hydrogen-bond acceptors (Lipinski definition) is 3. The van der Waals surface area contributed by atoms with E-state index in [1.165, 1.54) is 0 Å². The SMILES string of the molecule is Cc1nc(OCCC(C)C)c(C)c(C)c1O. The zero-order chi connectivity index (χ0) is 12.3. The molecule has 0 bridgehead atoms. The van der Waals surface area contributed by atoms with Crippen molar-refractivity contribution in [3.8, 4) is 11.6 Å². The van der Waals surface area contributed by atoms with Crippen LogP contribution in [-0.2, 0) is 0 Å². The van der Waals surface area contributed by atoms with Gasteiger partial charge in [0.05, 0.1) is 12.3 Å². The largest absolute Gasteiger partial charge is 0.506 e. The zero-order valence-electron chi connectivity index (χ0n) is 10.8. The Hall–Kier alpha value is -1.25. The van der Waals surface area contributed by atoms with Crippen molar-refractivity contribution < 1.29 is 9.84 Å². The number of aromatic hydroxyl groups is 1. The molecular weight excluding hydrogens is 202 g/mol. The molecule has 0 atom stereocenters. The van der Waals surface area contributed by atoms with Crippen LogP contribution in [0.25, 0.3) is 0 Å². The van der Waals surface area contributed by atoms with E-state index in [0.717, 1.165) is 17.5 Å². The Morgan fingerprint density at radius 3 is 2.38 bits per heavy atom. The summed E-state index contributed by atoms with van der Waals surface area (Å²) < 4.78 is 5.64. The summed E-state index contributed by atoms with van der Waals surface area (Å²) in [5.74, 6) is 1.54. The molecule has 0 saturated carbocycles. The van der Waals surface area contributed by atoms with Crippen LogP contribution >= 0.6 is 0 Å². The van der Waals surface area contributed by atoms with E-state index in [4.69, 9.17) is 4.74 Å². The first-order valence-electron chi connectivity index (χ1n) is 5.73. The van der Waals surface area contributed by atoms with Gasteiger partial charge in [0.25, 0.3) is 0 Å². The van der Waals surface area contributed by atoms with E-state index in [-0.39, 0.29) is 5.75 Å². The third kappa shape index (κ3) is 2.87. The van der Waals surface area contributed by atoms with Crippen molar-refractivity contribution >= 4 is 0 Å². The number of aromatic nitrogens is 1. The minimum Gasteiger partial charge on any atom is -0.506 e. The zero-order valence-corrected chi connectivity index (χ0v) is 10.8. The number of aryl methyl sites for hydroxylation is 1. The quantitative estimate of drug-likeness (QED) is 0.852. The molecule has 0 aliphatic carbocycles. The van der Waals surface area contributed by atoms with Crippen molar-refractivity contribution in [3.63, 3.8) is 0 Å². The second kappa shape index (κ2) is 5.19. The Kier molecular flexibility index (Phi) is 4.16. The molecule has 16 heavy (non-hydrogen) atoms. The number of nitrogens with zero attached hydrogens (tertiary/aromatic N) is 1. The normalized spacial score (nSPS) is 10.9. The molecule has 0 aliphatic heterocycles. The molecule has 3 heteroatoms. The van der Waals surface area contributed by atoms with Gasteiger partial charge in [-0.15, -0.1) is 0 Å². The molecule has 0 aromatic carbocycles. The molecule has 1 N–H and O–H groups in total. The van der Waals surface area contributed by atoms with Gasteiger partial charge in [-0.25, -0.2) is 4.98 Å². The molecule has 1 aromatic heterocycles. The maximum Gasteiger partial charge on any atom is 0.216 e. The summed E-state index contributed by atoms with van der Waals surface area (Å²) in [4.78, 5) is 4.26. The van der Waals surface area contributed by atoms with Crippen LogP contribution in [-0.4, -0.2) is 16.7 Å². The molecule has 0 radical (unpaired) electrons. The molecule has 0 amide bonds. The minimum absolute atomic E-state index is 0.272. The first-order chi connectivity index (χ1) is 7.43. The first-order valence-corrected chi connectivity index (χ1v) is 5.73. The van der Waals surface area contributed by atoms with Crippen molar-refractivity contribution in [2.24, 2.45) is 5.92 Å². The van der Waals surface area contributed by atoms with Gasteiger partial charge in [0.15, 0.2) is 0 Å². The summed E-state index contributed by atoms with van der Waals surface area (Å²) in [5.41, 5.74) is 2.40. The summed E-state index contributed by atoms with van der Waals surface area (Å²) in [6.07, 6.45) is 1.01. The third-order valence-electron chi connectivity index (χ3n) is 2.78. The van der Waals surface area contributed by atoms with E-state index in [0.29, 0.717) is 24.1 Å². The summed E-state index contributed by atoms with van der Waals surface area (Å²) in [7, 11) is 0. The van der Waals surface area contributed by atoms with Gasteiger partial charge >= 0.3 is 0 Å². The Morgan fingerprint density at radius 2 is 1.81 bits per heavy atom. The van der Waals surface area contributed by atoms with E-state index in [9.17, 15) is 5.11 Å². The molecule has 0 saturated heterocycles. The maximum atomic E-state index is 9.71. The predicted octanol–water partition coefficient (Wildman–Crippen LogP) is 3.14. The Balaban J connectivity index is 2.81. The van der Waals surface area contributed by atoms with Crippen LogP contribution < -0.4 is 4.74 Å². The van der Waals surface area contributed by atoms with Gasteiger partial charge in [-0.1, -0.05) is 13.8 Å². The smallest absolute Gasteiger partial charge is 0.216 e. The van der Waals surface area contributed by atoms with E-state index in [1.807, 2.05) is 13.8 Å². The molecule has 90 valence electrons. The number of rotatable bonds is 4. The van der Waals surface area contributed by atoms with Gasteiger partial charge in [-0.05, 0) is 33.1 Å². The summed E-state index contributed by atoms with van der Waals surface area (Å²) in [6.45, 7) is 10.6. The number of hydrogen-bond donors (Lipinski definition) is 1. The molecule has 1 heterocycles. The van der Waals surface area contributed by atoms with Crippen LogP contribution in [0.3, 0.4) is 0 Å².